The van der Waals surface area contributed by atoms with Crippen LogP contribution in [-0.2, 0) is 34.3 Å². The maximum atomic E-state index is 14.4. The molecule has 0 aliphatic carbocycles. The summed E-state index contributed by atoms with van der Waals surface area (Å²) in [4.78, 5) is 61.9. The Bertz CT molecular complexity index is 2540. The van der Waals surface area contributed by atoms with E-state index in [1.165, 1.54) is 30.5 Å². The van der Waals surface area contributed by atoms with Gasteiger partial charge in [0.25, 0.3) is 0 Å². The van der Waals surface area contributed by atoms with Crippen molar-refractivity contribution < 1.29 is 43.3 Å². The highest BCUT2D eigenvalue weighted by Gasteiger charge is 2.38. The molecule has 0 aliphatic heterocycles. The van der Waals surface area contributed by atoms with Gasteiger partial charge in [0.2, 0.25) is 11.8 Å². The van der Waals surface area contributed by atoms with Gasteiger partial charge in [0.05, 0.1) is 0 Å². The number of carbonyl (C=O) groups excluding carboxylic acids is 3. The van der Waals surface area contributed by atoms with E-state index in [0.717, 1.165) is 35.0 Å². The Labute approximate surface area is 361 Å². The van der Waals surface area contributed by atoms with Crippen molar-refractivity contribution in [3.05, 3.63) is 214 Å². The van der Waals surface area contributed by atoms with Crippen molar-refractivity contribution in [2.75, 3.05) is 5.32 Å². The second-order valence-corrected chi connectivity index (χ2v) is 14.6. The minimum absolute atomic E-state index is 0.0366. The Morgan fingerprint density at radius 1 is 0.629 bits per heavy atom. The van der Waals surface area contributed by atoms with Gasteiger partial charge >= 0.3 is 23.9 Å². The fraction of sp³-hybridized carbons (Fsp3) is 0.102. The molecule has 1 heterocycles. The van der Waals surface area contributed by atoms with Crippen LogP contribution in [0.15, 0.2) is 180 Å². The van der Waals surface area contributed by atoms with Crippen LogP contribution in [-0.4, -0.2) is 39.7 Å². The average molecular weight is 846 g/mol. The first-order valence-corrected chi connectivity index (χ1v) is 20.2. The average Bonchev–Trinajstić information content (AvgIpc) is 3.75. The zero-order chi connectivity index (χ0) is 43.5. The molecule has 0 aliphatic rings. The number of nitrogens with one attached hydrogen (secondary N) is 1. The predicted molar refractivity (Wildman–Crippen MR) is 233 cm³/mol. The molecule has 0 saturated heterocycles. The van der Waals surface area contributed by atoms with Gasteiger partial charge < -0.3 is 29.5 Å². The molecule has 0 saturated carbocycles. The summed E-state index contributed by atoms with van der Waals surface area (Å²) < 4.78 is 16.7. The Balaban J connectivity index is 1.28. The van der Waals surface area contributed by atoms with Gasteiger partial charge in [-0.1, -0.05) is 163 Å². The van der Waals surface area contributed by atoms with Crippen LogP contribution in [0.4, 0.5) is 5.13 Å². The number of oxime groups is 1. The Morgan fingerprint density at radius 2 is 1.10 bits per heavy atom. The number of aliphatic carboxylic acids is 1. The van der Waals surface area contributed by atoms with Gasteiger partial charge in [-0.05, 0) is 39.9 Å². The smallest absolute Gasteiger partial charge is 0.360 e. The fourth-order valence-corrected chi connectivity index (χ4v) is 7.60. The highest BCUT2D eigenvalue weighted by atomic mass is 32.1. The fourth-order valence-electron chi connectivity index (χ4n) is 6.85. The Hall–Kier alpha value is -7.90. The van der Waals surface area contributed by atoms with E-state index in [4.69, 9.17) is 24.0 Å². The van der Waals surface area contributed by atoms with Gasteiger partial charge in [-0.15, -0.1) is 11.3 Å². The van der Waals surface area contributed by atoms with E-state index in [1.807, 2.05) is 103 Å². The van der Waals surface area contributed by atoms with Crippen molar-refractivity contribution >= 4 is 46.1 Å². The lowest BCUT2D eigenvalue weighted by atomic mass is 9.77. The highest BCUT2D eigenvalue weighted by molar-refractivity contribution is 7.14. The van der Waals surface area contributed by atoms with Crippen LogP contribution in [0.3, 0.4) is 0 Å². The van der Waals surface area contributed by atoms with Crippen LogP contribution in [0, 0.1) is 0 Å². The summed E-state index contributed by atoms with van der Waals surface area (Å²) in [6, 6.07) is 51.5. The third kappa shape index (κ3) is 9.75. The molecule has 310 valence electrons. The maximum absolute atomic E-state index is 14.4. The third-order valence-electron chi connectivity index (χ3n) is 9.54. The molecular weight excluding hydrogens is 807 g/mol. The summed E-state index contributed by atoms with van der Waals surface area (Å²) in [7, 11) is 0. The summed E-state index contributed by atoms with van der Waals surface area (Å²) in [5.74, 6) is -4.20. The molecule has 0 spiro atoms. The first-order valence-electron chi connectivity index (χ1n) is 19.3. The zero-order valence-corrected chi connectivity index (χ0v) is 34.2. The molecule has 2 N–H and O–H groups in total. The van der Waals surface area contributed by atoms with Crippen molar-refractivity contribution in [1.29, 1.82) is 0 Å². The van der Waals surface area contributed by atoms with E-state index in [-0.39, 0.29) is 22.8 Å². The molecule has 7 aromatic rings. The number of hydrogen-bond donors (Lipinski definition) is 2. The molecule has 0 radical (unpaired) electrons. The van der Waals surface area contributed by atoms with Crippen LogP contribution < -0.4 is 14.8 Å². The molecule has 1 atom stereocenters. The minimum Gasteiger partial charge on any atom is -0.476 e. The second-order valence-electron chi connectivity index (χ2n) is 13.8. The molecular formula is C49H39N3O9S. The lowest BCUT2D eigenvalue weighted by Crippen LogP contribution is -2.38. The maximum Gasteiger partial charge on any atom is 0.360 e. The van der Waals surface area contributed by atoms with E-state index < -0.39 is 47.3 Å². The van der Waals surface area contributed by atoms with Gasteiger partial charge in [0, 0.05) is 24.8 Å². The SMILES string of the molecule is CC(=O)Oc1ccc(C(O/N=C(/C(=O)O)c2csc(NC(c3ccccc3)(c3ccccc3)c3ccccc3)n2)C(=O)OC(c2ccccc2)c2ccccc2)cc1OC(C)=O. The van der Waals surface area contributed by atoms with Crippen molar-refractivity contribution in [1.82, 2.24) is 4.98 Å². The molecule has 13 heteroatoms. The van der Waals surface area contributed by atoms with Crippen LogP contribution >= 0.6 is 11.3 Å². The number of ether oxygens (including phenoxy) is 3. The molecule has 62 heavy (non-hydrogen) atoms. The summed E-state index contributed by atoms with van der Waals surface area (Å²) in [6.07, 6.45) is -2.66. The van der Waals surface area contributed by atoms with Gasteiger partial charge in [0.15, 0.2) is 22.7 Å². The molecule has 1 aromatic heterocycles. The molecule has 0 bridgehead atoms. The molecule has 7 rings (SSSR count). The van der Waals surface area contributed by atoms with Crippen molar-refractivity contribution in [2.24, 2.45) is 5.16 Å². The van der Waals surface area contributed by atoms with Crippen LogP contribution in [0.2, 0.25) is 0 Å². The standard InChI is InChI=1S/C49H39N3O9S/c1-32(53)58-41-29-28-36(30-42(41)59-33(2)54)45(47(57)60-44(34-18-8-3-9-19-34)35-20-10-4-11-21-35)61-52-43(46(55)56)40-31-62-48(50-40)51-49(37-22-12-5-13-23-37,38-24-14-6-15-25-38)39-26-16-7-17-27-39/h3-31,44-45H,1-2H3,(H,50,51)(H,55,56)/b52-43+. The number of carboxylic acids is 1. The first-order chi connectivity index (χ1) is 30.1. The molecule has 0 fully saturated rings. The van der Waals surface area contributed by atoms with Crippen LogP contribution in [0.25, 0.3) is 0 Å². The zero-order valence-electron chi connectivity index (χ0n) is 33.4. The van der Waals surface area contributed by atoms with Gasteiger partial charge in [-0.2, -0.15) is 0 Å². The Morgan fingerprint density at radius 3 is 1.56 bits per heavy atom. The van der Waals surface area contributed by atoms with E-state index in [0.29, 0.717) is 16.3 Å². The van der Waals surface area contributed by atoms with Gasteiger partial charge in [0.1, 0.15) is 11.2 Å². The normalized spacial score (nSPS) is 11.9. The number of thiazole rings is 1. The number of carboxylic acid groups (broad SMARTS) is 1. The number of hydrogen-bond acceptors (Lipinski definition) is 12. The Kier molecular flexibility index (Phi) is 13.2. The van der Waals surface area contributed by atoms with Crippen molar-refractivity contribution in [3.8, 4) is 11.5 Å². The molecule has 6 aromatic carbocycles. The second kappa shape index (κ2) is 19.4. The summed E-state index contributed by atoms with van der Waals surface area (Å²) in [5.41, 5.74) is 2.41. The molecule has 12 nitrogen and oxygen atoms in total. The van der Waals surface area contributed by atoms with Gasteiger partial charge in [-0.3, -0.25) is 9.59 Å². The summed E-state index contributed by atoms with van der Waals surface area (Å²) >= 11 is 1.16. The monoisotopic (exact) mass is 845 g/mol. The van der Waals surface area contributed by atoms with E-state index in [9.17, 15) is 24.3 Å². The third-order valence-corrected chi connectivity index (χ3v) is 10.3. The lowest BCUT2D eigenvalue weighted by Gasteiger charge is -2.36. The van der Waals surface area contributed by atoms with Crippen molar-refractivity contribution in [3.63, 3.8) is 0 Å². The lowest BCUT2D eigenvalue weighted by molar-refractivity contribution is -0.162. The van der Waals surface area contributed by atoms with Gasteiger partial charge in [-0.25, -0.2) is 14.6 Å². The number of nitrogens with zero attached hydrogens (tertiary/aromatic N) is 2. The van der Waals surface area contributed by atoms with Crippen LogP contribution in [0.1, 0.15) is 65.1 Å². The number of carbonyl (C=O) groups is 4. The number of aromatic nitrogens is 1. The highest BCUT2D eigenvalue weighted by Crippen LogP contribution is 2.41. The number of rotatable bonds is 16. The van der Waals surface area contributed by atoms with E-state index in [1.54, 1.807) is 48.5 Å². The molecule has 0 amide bonds. The van der Waals surface area contributed by atoms with Crippen LogP contribution in [0.5, 0.6) is 11.5 Å². The number of esters is 3. The van der Waals surface area contributed by atoms with E-state index in [2.05, 4.69) is 10.5 Å². The summed E-state index contributed by atoms with van der Waals surface area (Å²) in [5, 5.41) is 20.1. The first kappa shape index (κ1) is 42.2. The predicted octanol–water partition coefficient (Wildman–Crippen LogP) is 9.28. The molecule has 1 unspecified atom stereocenters. The summed E-state index contributed by atoms with van der Waals surface area (Å²) in [6.45, 7) is 2.33. The number of benzene rings is 6. The largest absolute Gasteiger partial charge is 0.476 e. The van der Waals surface area contributed by atoms with E-state index >= 15 is 0 Å². The van der Waals surface area contributed by atoms with Crippen molar-refractivity contribution in [2.45, 2.75) is 31.6 Å². The number of anilines is 1. The minimum atomic E-state index is -1.74. The quantitative estimate of drug-likeness (QED) is 0.0313. The topological polar surface area (TPSA) is 163 Å².